The maximum atomic E-state index is 6.08. The highest BCUT2D eigenvalue weighted by Gasteiger charge is 2.12. The number of benzene rings is 1. The fraction of sp³-hybridized carbons (Fsp3) is 0. The number of hydrogen-bond donors (Lipinski definition) is 2. The lowest BCUT2D eigenvalue weighted by Gasteiger charge is -2.05. The zero-order valence-corrected chi connectivity index (χ0v) is 14.2. The van der Waals surface area contributed by atoms with E-state index in [-0.39, 0.29) is 0 Å². The molecule has 0 radical (unpaired) electrons. The van der Waals surface area contributed by atoms with Crippen LogP contribution in [0.15, 0.2) is 37.8 Å². The largest absolute Gasteiger partial charge is 0.397 e. The Bertz CT molecular complexity index is 782. The highest BCUT2D eigenvalue weighted by atomic mass is 79.9. The number of aromatic nitrogens is 3. The van der Waals surface area contributed by atoms with Gasteiger partial charge in [0.25, 0.3) is 0 Å². The zero-order valence-electron chi connectivity index (χ0n) is 9.42. The topological polar surface area (TPSA) is 67.6 Å². The molecule has 96 valence electrons. The van der Waals surface area contributed by atoms with Crippen LogP contribution in [0.4, 0.5) is 5.69 Å². The summed E-state index contributed by atoms with van der Waals surface area (Å²) >= 11 is 10.3. The predicted octanol–water partition coefficient (Wildman–Crippen LogP) is 4.49. The number of imidazole rings is 1. The molecule has 3 aromatic rings. The first-order chi connectivity index (χ1) is 9.04. The molecule has 0 atom stereocenters. The smallest absolute Gasteiger partial charge is 0.178 e. The van der Waals surface area contributed by atoms with E-state index < -0.39 is 0 Å². The Morgan fingerprint density at radius 1 is 1.05 bits per heavy atom. The minimum absolute atomic E-state index is 0.640. The van der Waals surface area contributed by atoms with Crippen molar-refractivity contribution in [1.29, 1.82) is 0 Å². The van der Waals surface area contributed by atoms with E-state index in [0.717, 1.165) is 24.5 Å². The molecule has 2 aromatic heterocycles. The average Bonchev–Trinajstić information content (AvgIpc) is 2.76. The summed E-state index contributed by atoms with van der Waals surface area (Å²) in [5.41, 5.74) is 9.07. The van der Waals surface area contributed by atoms with Gasteiger partial charge < -0.3 is 10.7 Å². The Morgan fingerprint density at radius 2 is 1.84 bits per heavy atom. The second kappa shape index (κ2) is 4.88. The third kappa shape index (κ3) is 2.42. The van der Waals surface area contributed by atoms with Crippen LogP contribution in [0.1, 0.15) is 0 Å². The molecule has 0 unspecified atom stereocenters. The summed E-state index contributed by atoms with van der Waals surface area (Å²) in [5, 5.41) is 0. The quantitative estimate of drug-likeness (QED) is 0.541. The Balaban J connectivity index is 2.24. The number of pyridine rings is 1. The number of nitrogens with two attached hydrogens (primary N) is 1. The standard InChI is InChI=1S/C12H7Br3N4/c13-5-1-7(10(16)8(15)2-5)11-18-9-3-6(14)4-17-12(9)19-11/h1-4H,16H2,(H,17,18,19). The van der Waals surface area contributed by atoms with Crippen LogP contribution in [-0.4, -0.2) is 15.0 Å². The van der Waals surface area contributed by atoms with Crippen molar-refractivity contribution in [3.63, 3.8) is 0 Å². The maximum absolute atomic E-state index is 6.08. The Kier molecular flexibility index (Phi) is 3.36. The molecule has 0 saturated carbocycles. The predicted molar refractivity (Wildman–Crippen MR) is 86.8 cm³/mol. The van der Waals surface area contributed by atoms with Gasteiger partial charge in [-0.05, 0) is 50.1 Å². The molecule has 3 N–H and O–H groups in total. The number of fused-ring (bicyclic) bond motifs is 1. The molecule has 0 aliphatic heterocycles. The highest BCUT2D eigenvalue weighted by Crippen LogP contribution is 2.34. The average molecular weight is 447 g/mol. The number of hydrogen-bond acceptors (Lipinski definition) is 3. The summed E-state index contributed by atoms with van der Waals surface area (Å²) in [4.78, 5) is 11.9. The van der Waals surface area contributed by atoms with Crippen LogP contribution in [0.3, 0.4) is 0 Å². The number of halogens is 3. The highest BCUT2D eigenvalue weighted by molar-refractivity contribution is 9.11. The van der Waals surface area contributed by atoms with E-state index in [4.69, 9.17) is 5.73 Å². The summed E-state index contributed by atoms with van der Waals surface area (Å²) < 4.78 is 2.66. The first kappa shape index (κ1) is 13.1. The van der Waals surface area contributed by atoms with Crippen molar-refractivity contribution < 1.29 is 0 Å². The monoisotopic (exact) mass is 444 g/mol. The maximum Gasteiger partial charge on any atom is 0.178 e. The molecule has 0 spiro atoms. The van der Waals surface area contributed by atoms with Gasteiger partial charge in [0, 0.05) is 25.2 Å². The fourth-order valence-corrected chi connectivity index (χ4v) is 3.34. The zero-order chi connectivity index (χ0) is 13.6. The van der Waals surface area contributed by atoms with E-state index in [1.807, 2.05) is 18.2 Å². The van der Waals surface area contributed by atoms with Gasteiger partial charge >= 0.3 is 0 Å². The summed E-state index contributed by atoms with van der Waals surface area (Å²) in [6.45, 7) is 0. The van der Waals surface area contributed by atoms with Gasteiger partial charge in [-0.3, -0.25) is 0 Å². The van der Waals surface area contributed by atoms with Gasteiger partial charge in [-0.25, -0.2) is 9.97 Å². The van der Waals surface area contributed by atoms with E-state index in [1.165, 1.54) is 0 Å². The molecule has 0 amide bonds. The second-order valence-corrected chi connectivity index (χ2v) is 6.64. The van der Waals surface area contributed by atoms with Crippen LogP contribution in [0.25, 0.3) is 22.6 Å². The van der Waals surface area contributed by atoms with Crippen LogP contribution in [0.2, 0.25) is 0 Å². The molecule has 7 heteroatoms. The first-order valence-electron chi connectivity index (χ1n) is 5.31. The van der Waals surface area contributed by atoms with Gasteiger partial charge in [0.05, 0.1) is 11.2 Å². The summed E-state index contributed by atoms with van der Waals surface area (Å²) in [5.74, 6) is 0.695. The van der Waals surface area contributed by atoms with Crippen molar-refractivity contribution in [1.82, 2.24) is 15.0 Å². The van der Waals surface area contributed by atoms with E-state index in [9.17, 15) is 0 Å². The van der Waals surface area contributed by atoms with Gasteiger partial charge in [-0.1, -0.05) is 15.9 Å². The van der Waals surface area contributed by atoms with Crippen molar-refractivity contribution in [2.24, 2.45) is 0 Å². The molecule has 3 rings (SSSR count). The number of aromatic amines is 1. The summed E-state index contributed by atoms with van der Waals surface area (Å²) in [6, 6.07) is 5.76. The minimum atomic E-state index is 0.640. The molecule has 2 heterocycles. The Hall–Kier alpha value is -0.920. The van der Waals surface area contributed by atoms with Crippen molar-refractivity contribution in [3.05, 3.63) is 37.8 Å². The molecular weight excluding hydrogens is 440 g/mol. The summed E-state index contributed by atoms with van der Waals surface area (Å²) in [6.07, 6.45) is 1.72. The SMILES string of the molecule is Nc1c(Br)cc(Br)cc1-c1nc2ncc(Br)cc2[nH]1. The molecule has 0 bridgehead atoms. The third-order valence-corrected chi connectivity index (χ3v) is 4.20. The Labute approximate surface area is 134 Å². The van der Waals surface area contributed by atoms with Crippen molar-refractivity contribution in [2.75, 3.05) is 5.73 Å². The normalized spacial score (nSPS) is 11.1. The number of rotatable bonds is 1. The van der Waals surface area contributed by atoms with Gasteiger partial charge in [0.2, 0.25) is 0 Å². The molecule has 0 saturated heterocycles. The van der Waals surface area contributed by atoms with Crippen molar-refractivity contribution >= 4 is 64.6 Å². The molecular formula is C12H7Br3N4. The molecule has 1 aromatic carbocycles. The van der Waals surface area contributed by atoms with E-state index in [1.54, 1.807) is 6.20 Å². The molecule has 0 fully saturated rings. The number of nitrogens with one attached hydrogen (secondary N) is 1. The van der Waals surface area contributed by atoms with Crippen LogP contribution in [-0.2, 0) is 0 Å². The van der Waals surface area contributed by atoms with E-state index >= 15 is 0 Å². The number of H-pyrrole nitrogens is 1. The lowest BCUT2D eigenvalue weighted by Crippen LogP contribution is -1.93. The molecule has 0 aliphatic rings. The van der Waals surface area contributed by atoms with Gasteiger partial charge in [0.1, 0.15) is 5.82 Å². The van der Waals surface area contributed by atoms with Gasteiger partial charge in [-0.2, -0.15) is 0 Å². The first-order valence-corrected chi connectivity index (χ1v) is 7.68. The lowest BCUT2D eigenvalue weighted by atomic mass is 10.2. The van der Waals surface area contributed by atoms with Crippen LogP contribution >= 0.6 is 47.8 Å². The minimum Gasteiger partial charge on any atom is -0.397 e. The van der Waals surface area contributed by atoms with Crippen molar-refractivity contribution in [3.8, 4) is 11.4 Å². The van der Waals surface area contributed by atoms with E-state index in [2.05, 4.69) is 62.7 Å². The molecule has 19 heavy (non-hydrogen) atoms. The molecule has 4 nitrogen and oxygen atoms in total. The second-order valence-electron chi connectivity index (χ2n) is 3.96. The lowest BCUT2D eigenvalue weighted by molar-refractivity contribution is 1.29. The van der Waals surface area contributed by atoms with Crippen molar-refractivity contribution in [2.45, 2.75) is 0 Å². The third-order valence-electron chi connectivity index (χ3n) is 2.65. The number of nitrogens with zero attached hydrogens (tertiary/aromatic N) is 2. The number of anilines is 1. The van der Waals surface area contributed by atoms with Crippen LogP contribution < -0.4 is 5.73 Å². The Morgan fingerprint density at radius 3 is 2.63 bits per heavy atom. The van der Waals surface area contributed by atoms with Crippen LogP contribution in [0.5, 0.6) is 0 Å². The molecule has 0 aliphatic carbocycles. The van der Waals surface area contributed by atoms with E-state index in [0.29, 0.717) is 17.2 Å². The fourth-order valence-electron chi connectivity index (χ4n) is 1.78. The number of nitrogen functional groups attached to an aromatic ring is 1. The van der Waals surface area contributed by atoms with Gasteiger partial charge in [0.15, 0.2) is 5.65 Å². The summed E-state index contributed by atoms with van der Waals surface area (Å²) in [7, 11) is 0. The van der Waals surface area contributed by atoms with Gasteiger partial charge in [-0.15, -0.1) is 0 Å². The van der Waals surface area contributed by atoms with Crippen LogP contribution in [0, 0.1) is 0 Å².